The predicted molar refractivity (Wildman–Crippen MR) is 219 cm³/mol. The van der Waals surface area contributed by atoms with Gasteiger partial charge >= 0.3 is 0 Å². The first-order valence-electron chi connectivity index (χ1n) is 18.2. The minimum atomic E-state index is -0.474. The maximum absolute atomic E-state index is 5.28. The predicted octanol–water partition coefficient (Wildman–Crippen LogP) is 12.7. The molecule has 0 amide bonds. The molecular weight excluding hydrogens is 641 g/mol. The maximum Gasteiger partial charge on any atom is 0.160 e. The molecule has 248 valence electrons. The first-order chi connectivity index (χ1) is 26.3. The van der Waals surface area contributed by atoms with Crippen LogP contribution in [0.5, 0.6) is 0 Å². The molecule has 0 N–H and O–H groups in total. The summed E-state index contributed by atoms with van der Waals surface area (Å²) < 4.78 is 0. The molecule has 1 heterocycles. The van der Waals surface area contributed by atoms with Gasteiger partial charge in [-0.25, -0.2) is 9.97 Å². The molecule has 2 nitrogen and oxygen atoms in total. The number of aromatic nitrogens is 2. The van der Waals surface area contributed by atoms with Crippen LogP contribution in [0.25, 0.3) is 66.9 Å². The van der Waals surface area contributed by atoms with Crippen LogP contribution in [0.3, 0.4) is 0 Å². The topological polar surface area (TPSA) is 25.8 Å². The van der Waals surface area contributed by atoms with Crippen LogP contribution in [0.15, 0.2) is 206 Å². The fraction of sp³-hybridized carbons (Fsp3) is 0.0196. The second kappa shape index (κ2) is 12.7. The molecule has 0 atom stereocenters. The number of fused-ring (bicyclic) bond motifs is 4. The molecule has 2 heteroatoms. The zero-order chi connectivity index (χ0) is 35.2. The zero-order valence-electron chi connectivity index (χ0n) is 29.0. The van der Waals surface area contributed by atoms with E-state index in [-0.39, 0.29) is 0 Å². The van der Waals surface area contributed by atoms with Gasteiger partial charge < -0.3 is 0 Å². The van der Waals surface area contributed by atoms with Gasteiger partial charge in [0.05, 0.1) is 16.6 Å². The molecule has 0 saturated heterocycles. The van der Waals surface area contributed by atoms with Crippen molar-refractivity contribution < 1.29 is 0 Å². The Morgan fingerprint density at radius 1 is 0.321 bits per heavy atom. The van der Waals surface area contributed by atoms with Crippen molar-refractivity contribution in [3.63, 3.8) is 0 Å². The van der Waals surface area contributed by atoms with Gasteiger partial charge in [-0.15, -0.1) is 0 Å². The SMILES string of the molecule is c1ccc(-c2cc(-c3cccc(C4(c5ccccc5)c5ccccc5-c5ccccc54)c3)cc(-c3nc(-c4ccccc4)nc4ccccc34)c2)cc1. The molecule has 10 rings (SSSR count). The summed E-state index contributed by atoms with van der Waals surface area (Å²) in [6.45, 7) is 0. The minimum absolute atomic E-state index is 0.474. The molecule has 0 aliphatic heterocycles. The second-order valence-corrected chi connectivity index (χ2v) is 13.7. The van der Waals surface area contributed by atoms with Crippen LogP contribution in [0, 0.1) is 0 Å². The van der Waals surface area contributed by atoms with Crippen molar-refractivity contribution in [1.29, 1.82) is 0 Å². The first-order valence-corrected chi connectivity index (χ1v) is 18.2. The van der Waals surface area contributed by atoms with E-state index in [1.807, 2.05) is 24.3 Å². The summed E-state index contributed by atoms with van der Waals surface area (Å²) in [5.41, 5.74) is 15.7. The highest BCUT2D eigenvalue weighted by Gasteiger charge is 2.45. The Balaban J connectivity index is 1.22. The van der Waals surface area contributed by atoms with Crippen molar-refractivity contribution in [1.82, 2.24) is 9.97 Å². The van der Waals surface area contributed by atoms with E-state index in [9.17, 15) is 0 Å². The van der Waals surface area contributed by atoms with Gasteiger partial charge in [0, 0.05) is 16.5 Å². The van der Waals surface area contributed by atoms with Gasteiger partial charge in [0.2, 0.25) is 0 Å². The highest BCUT2D eigenvalue weighted by molar-refractivity contribution is 5.96. The maximum atomic E-state index is 5.28. The van der Waals surface area contributed by atoms with Gasteiger partial charge in [0.1, 0.15) is 0 Å². The van der Waals surface area contributed by atoms with Gasteiger partial charge in [-0.3, -0.25) is 0 Å². The van der Waals surface area contributed by atoms with Crippen LogP contribution in [0.4, 0.5) is 0 Å². The quantitative estimate of drug-likeness (QED) is 0.175. The summed E-state index contributed by atoms with van der Waals surface area (Å²) in [6, 6.07) is 74.2. The number of para-hydroxylation sites is 1. The molecule has 1 aliphatic carbocycles. The molecule has 1 aliphatic rings. The number of benzene rings is 8. The highest BCUT2D eigenvalue weighted by atomic mass is 14.9. The summed E-state index contributed by atoms with van der Waals surface area (Å²) in [5.74, 6) is 0.719. The lowest BCUT2D eigenvalue weighted by Crippen LogP contribution is -2.28. The zero-order valence-corrected chi connectivity index (χ0v) is 29.0. The van der Waals surface area contributed by atoms with E-state index in [0.717, 1.165) is 55.8 Å². The largest absolute Gasteiger partial charge is 0.228 e. The lowest BCUT2D eigenvalue weighted by molar-refractivity contribution is 0.769. The van der Waals surface area contributed by atoms with Crippen LogP contribution >= 0.6 is 0 Å². The van der Waals surface area contributed by atoms with Gasteiger partial charge in [-0.2, -0.15) is 0 Å². The minimum Gasteiger partial charge on any atom is -0.228 e. The van der Waals surface area contributed by atoms with E-state index in [2.05, 4.69) is 182 Å². The number of hydrogen-bond acceptors (Lipinski definition) is 2. The molecule has 1 aromatic heterocycles. The summed E-state index contributed by atoms with van der Waals surface area (Å²) >= 11 is 0. The molecule has 8 aromatic carbocycles. The summed E-state index contributed by atoms with van der Waals surface area (Å²) in [5, 5.41) is 1.03. The van der Waals surface area contributed by atoms with Gasteiger partial charge in [0.25, 0.3) is 0 Å². The Kier molecular flexibility index (Phi) is 7.40. The van der Waals surface area contributed by atoms with Crippen LogP contribution in [0.1, 0.15) is 22.3 Å². The van der Waals surface area contributed by atoms with E-state index in [4.69, 9.17) is 9.97 Å². The molecule has 0 radical (unpaired) electrons. The van der Waals surface area contributed by atoms with Crippen molar-refractivity contribution in [3.05, 3.63) is 229 Å². The first kappa shape index (κ1) is 30.9. The number of nitrogens with zero attached hydrogens (tertiary/aromatic N) is 2. The highest BCUT2D eigenvalue weighted by Crippen LogP contribution is 2.56. The Labute approximate surface area is 309 Å². The van der Waals surface area contributed by atoms with Crippen molar-refractivity contribution in [3.8, 4) is 56.0 Å². The second-order valence-electron chi connectivity index (χ2n) is 13.7. The Hall–Kier alpha value is -6.90. The lowest BCUT2D eigenvalue weighted by atomic mass is 9.67. The van der Waals surface area contributed by atoms with Crippen LogP contribution < -0.4 is 0 Å². The molecule has 53 heavy (non-hydrogen) atoms. The average Bonchev–Trinajstić information content (AvgIpc) is 3.55. The Morgan fingerprint density at radius 3 is 1.53 bits per heavy atom. The third-order valence-electron chi connectivity index (χ3n) is 10.7. The number of hydrogen-bond donors (Lipinski definition) is 0. The average molecular weight is 675 g/mol. The summed E-state index contributed by atoms with van der Waals surface area (Å²) in [4.78, 5) is 10.3. The molecule has 0 bridgehead atoms. The molecule has 9 aromatic rings. The third kappa shape index (κ3) is 5.11. The van der Waals surface area contributed by atoms with Crippen molar-refractivity contribution in [2.75, 3.05) is 0 Å². The van der Waals surface area contributed by atoms with Gasteiger partial charge in [0.15, 0.2) is 5.82 Å². The lowest BCUT2D eigenvalue weighted by Gasteiger charge is -2.34. The Bertz CT molecular complexity index is 2720. The fourth-order valence-electron chi connectivity index (χ4n) is 8.39. The molecule has 0 saturated carbocycles. The van der Waals surface area contributed by atoms with Crippen molar-refractivity contribution in [2.24, 2.45) is 0 Å². The van der Waals surface area contributed by atoms with E-state index in [0.29, 0.717) is 0 Å². The molecular formula is C51H34N2. The Morgan fingerprint density at radius 2 is 0.830 bits per heavy atom. The summed E-state index contributed by atoms with van der Waals surface area (Å²) in [6.07, 6.45) is 0. The van der Waals surface area contributed by atoms with Crippen LogP contribution in [0.2, 0.25) is 0 Å². The van der Waals surface area contributed by atoms with Gasteiger partial charge in [-0.05, 0) is 86.0 Å². The van der Waals surface area contributed by atoms with Crippen LogP contribution in [-0.4, -0.2) is 9.97 Å². The standard InChI is InChI=1S/C51H34N2/c1-4-17-35(18-5-1)38-31-39(33-40(32-38)49-45-27-12-15-30-48(45)52-50(53-49)36-19-6-2-7-20-36)37-21-16-24-42(34-37)51(41-22-8-3-9-23-41)46-28-13-10-25-43(46)44-26-11-14-29-47(44)51/h1-34H. The monoisotopic (exact) mass is 674 g/mol. The van der Waals surface area contributed by atoms with Crippen molar-refractivity contribution >= 4 is 10.9 Å². The van der Waals surface area contributed by atoms with Crippen molar-refractivity contribution in [2.45, 2.75) is 5.41 Å². The normalized spacial score (nSPS) is 12.7. The van der Waals surface area contributed by atoms with E-state index < -0.39 is 5.41 Å². The molecule has 0 spiro atoms. The van der Waals surface area contributed by atoms with Crippen LogP contribution in [-0.2, 0) is 5.41 Å². The molecule has 0 unspecified atom stereocenters. The number of rotatable bonds is 6. The summed E-state index contributed by atoms with van der Waals surface area (Å²) in [7, 11) is 0. The van der Waals surface area contributed by atoms with E-state index in [1.165, 1.54) is 33.4 Å². The van der Waals surface area contributed by atoms with E-state index >= 15 is 0 Å². The smallest absolute Gasteiger partial charge is 0.160 e. The third-order valence-corrected chi connectivity index (χ3v) is 10.7. The van der Waals surface area contributed by atoms with Gasteiger partial charge in [-0.1, -0.05) is 176 Å². The molecule has 0 fully saturated rings. The van der Waals surface area contributed by atoms with E-state index in [1.54, 1.807) is 0 Å². The fourth-order valence-corrected chi connectivity index (χ4v) is 8.39.